The Morgan fingerprint density at radius 1 is 0.476 bits per heavy atom. The van der Waals surface area contributed by atoms with E-state index in [0.29, 0.717) is 17.8 Å². The highest BCUT2D eigenvalue weighted by Gasteiger charge is 2.71. The van der Waals surface area contributed by atoms with Crippen LogP contribution in [0.4, 0.5) is 11.4 Å². The van der Waals surface area contributed by atoms with Crippen LogP contribution in [0.15, 0.2) is 177 Å². The summed E-state index contributed by atoms with van der Waals surface area (Å²) in [5, 5.41) is 1.64. The second-order valence-electron chi connectivity index (χ2n) is 23.0. The topological polar surface area (TPSA) is 193 Å². The number of nitrogens with zero attached hydrogens (tertiary/aromatic N) is 2. The lowest BCUT2D eigenvalue weighted by Gasteiger charge is -2.44. The zero-order chi connectivity index (χ0) is 58.2. The monoisotopic (exact) mass is 1190 g/mol. The van der Waals surface area contributed by atoms with Gasteiger partial charge in [0, 0.05) is 43.4 Å². The molecule has 2 saturated heterocycles. The van der Waals surface area contributed by atoms with Gasteiger partial charge in [-0.15, -0.1) is 23.5 Å². The number of rotatable bonds is 6. The zero-order valence-electron chi connectivity index (χ0n) is 45.3. The molecule has 9 aliphatic rings. The smallest absolute Gasteiger partial charge is 0.307 e. The molecule has 1 N–H and O–H groups in total. The molecule has 6 aromatic carbocycles. The molecule has 16 rings (SSSR count). The number of carbonyl (C=O) groups excluding carboxylic acids is 9. The largest absolute Gasteiger partial charge is 0.373 e. The number of hydrogen-bond donors (Lipinski definition) is 1. The zero-order valence-corrected chi connectivity index (χ0v) is 48.6. The first-order chi connectivity index (χ1) is 40.8. The minimum absolute atomic E-state index is 0.0339. The first-order valence-electron chi connectivity index (χ1n) is 28.0. The molecular weight excluding hydrogens is 1140 g/mol. The third kappa shape index (κ3) is 9.19. The van der Waals surface area contributed by atoms with Gasteiger partial charge in [0.1, 0.15) is 0 Å². The summed E-state index contributed by atoms with van der Waals surface area (Å²) in [6.07, 6.45) is 2.82. The van der Waals surface area contributed by atoms with E-state index in [2.05, 4.69) is 91.6 Å². The fraction of sp³-hybridized carbons (Fsp3) is 0.284. The number of allylic oxidation sites excluding steroid dienone is 2. The number of carbonyl (C=O) groups is 5. The van der Waals surface area contributed by atoms with E-state index in [1.165, 1.54) is 65.0 Å². The lowest BCUT2D eigenvalue weighted by Crippen LogP contribution is -2.42. The maximum absolute atomic E-state index is 14.0. The quantitative estimate of drug-likeness (QED) is 0.155. The number of imide groups is 2. The summed E-state index contributed by atoms with van der Waals surface area (Å²) in [6.45, 7) is 4.15. The van der Waals surface area contributed by atoms with Gasteiger partial charge in [-0.2, -0.15) is 19.2 Å². The standard InChI is InChI=1S/C33H27NO3S2.C32H26N2O3S2.2CO2/c1-17-6-5-9-20(14-17)18-10-12-21(13-11-18)34-32(36)28-22-15-23(29(28)33(34)37)30-27(22)26(19-7-3-2-4-8-19)31-24(38-30)16-25(35)39-31;1-16-6-5-9-19(14-16)17-10-12-20(13-11-17)34-30(35)25-21-15-22(26(25)31(34)36)27-24(21)23(18-7-3-2-4-8-18)28-29(38-27)33-32(37)39-28;2*2-1-3/h2-14,22-23,26-30H,15-16H2,1H3;2-14,21-27H,15H2,1H3,(H,33,37);;/t22-,23-,26-,27-,28+,29-,30-;21-,22-,23-,24-,25+,26-,27-;;/m10../s1. The number of aromatic nitrogens is 1. The van der Waals surface area contributed by atoms with Crippen molar-refractivity contribution in [1.29, 1.82) is 0 Å². The second kappa shape index (κ2) is 22.3. The summed E-state index contributed by atoms with van der Waals surface area (Å²) in [4.78, 5) is 123. The number of anilines is 2. The number of thiazole rings is 1. The molecule has 4 bridgehead atoms. The van der Waals surface area contributed by atoms with Gasteiger partial charge in [0.2, 0.25) is 23.6 Å². The molecular formula is C67H53N3O10S4. The molecule has 5 aliphatic heterocycles. The minimum Gasteiger partial charge on any atom is -0.307 e. The minimum atomic E-state index is -0.288. The van der Waals surface area contributed by atoms with Crippen LogP contribution in [0.2, 0.25) is 0 Å². The highest BCUT2D eigenvalue weighted by Crippen LogP contribution is 2.72. The molecule has 4 aliphatic carbocycles. The van der Waals surface area contributed by atoms with E-state index in [4.69, 9.17) is 19.2 Å². The van der Waals surface area contributed by atoms with Gasteiger partial charge in [-0.1, -0.05) is 168 Å². The number of aryl methyl sites for hydroxylation is 2. The Bertz CT molecular complexity index is 3970. The molecule has 84 heavy (non-hydrogen) atoms. The van der Waals surface area contributed by atoms with E-state index in [-0.39, 0.29) is 127 Å². The number of aromatic amines is 1. The van der Waals surface area contributed by atoms with Gasteiger partial charge in [0.05, 0.1) is 40.1 Å². The van der Waals surface area contributed by atoms with Crippen molar-refractivity contribution in [3.05, 3.63) is 204 Å². The number of hydrogen-bond acceptors (Lipinski definition) is 14. The molecule has 6 heterocycles. The Labute approximate surface area is 500 Å². The molecule has 14 atom stereocenters. The molecule has 0 spiro atoms. The molecule has 0 unspecified atom stereocenters. The van der Waals surface area contributed by atoms with Crippen molar-refractivity contribution in [2.45, 2.75) is 60.5 Å². The SMILES string of the molecule is Cc1cccc(-c2ccc(N3C(=O)[C@@H]4[C@H]5C[C@@H]([C@@H]4C3=O)[C@H]3[C@@H]5SC4=C(SC(=O)C4)[C@@H]3c3ccccc3)cc2)c1.Cc1cccc(-c2ccc(N3C(=O)[C@@H]4[C@H]5C[C@H]([C@@H]6Sc7[nH]c(=O)sc7[C@@H](c7ccccc7)[C@H]56)[C@@H]4C3=O)cc2)c1.O=C=O.O=C=O. The summed E-state index contributed by atoms with van der Waals surface area (Å²) in [7, 11) is 0. The van der Waals surface area contributed by atoms with Crippen molar-refractivity contribution in [2.75, 3.05) is 9.80 Å². The van der Waals surface area contributed by atoms with Crippen LogP contribution in [-0.4, -0.2) is 56.5 Å². The summed E-state index contributed by atoms with van der Waals surface area (Å²) < 4.78 is 0. The maximum Gasteiger partial charge on any atom is 0.373 e. The van der Waals surface area contributed by atoms with Crippen molar-refractivity contribution in [1.82, 2.24) is 4.98 Å². The highest BCUT2D eigenvalue weighted by atomic mass is 32.2. The van der Waals surface area contributed by atoms with Crippen LogP contribution in [0, 0.1) is 73.0 Å². The normalized spacial score (nSPS) is 29.4. The second-order valence-corrected chi connectivity index (χ2v) is 27.6. The number of fused-ring (bicyclic) bond motifs is 17. The molecule has 4 saturated carbocycles. The Kier molecular flexibility index (Phi) is 14.7. The van der Waals surface area contributed by atoms with E-state index < -0.39 is 0 Å². The number of amides is 4. The van der Waals surface area contributed by atoms with Crippen molar-refractivity contribution < 1.29 is 43.2 Å². The first kappa shape index (κ1) is 55.4. The fourth-order valence-electron chi connectivity index (χ4n) is 16.0. The van der Waals surface area contributed by atoms with Crippen molar-refractivity contribution in [3.63, 3.8) is 0 Å². The summed E-state index contributed by atoms with van der Waals surface area (Å²) in [5.74, 6) is 0.000552. The van der Waals surface area contributed by atoms with Crippen LogP contribution < -0.4 is 14.7 Å². The van der Waals surface area contributed by atoms with E-state index in [1.54, 1.807) is 11.8 Å². The number of thioether (sulfide) groups is 3. The van der Waals surface area contributed by atoms with E-state index in [0.717, 1.165) is 45.0 Å². The Hall–Kier alpha value is -7.75. The molecule has 17 heteroatoms. The van der Waals surface area contributed by atoms with Crippen LogP contribution in [0.5, 0.6) is 0 Å². The van der Waals surface area contributed by atoms with Gasteiger partial charge in [-0.05, 0) is 120 Å². The van der Waals surface area contributed by atoms with Crippen LogP contribution in [-0.2, 0) is 43.2 Å². The van der Waals surface area contributed by atoms with Crippen LogP contribution >= 0.6 is 46.6 Å². The van der Waals surface area contributed by atoms with Crippen molar-refractivity contribution in [2.24, 2.45) is 59.2 Å². The van der Waals surface area contributed by atoms with E-state index in [9.17, 15) is 28.8 Å². The third-order valence-corrected chi connectivity index (χ3v) is 24.3. The molecule has 13 nitrogen and oxygen atoms in total. The predicted octanol–water partition coefficient (Wildman–Crippen LogP) is 11.7. The summed E-state index contributed by atoms with van der Waals surface area (Å²) >= 11 is 6.29. The Balaban J connectivity index is 0.000000144. The van der Waals surface area contributed by atoms with Gasteiger partial charge >= 0.3 is 17.2 Å². The first-order valence-corrected chi connectivity index (χ1v) is 31.4. The van der Waals surface area contributed by atoms with E-state index in [1.807, 2.05) is 96.7 Å². The van der Waals surface area contributed by atoms with Crippen LogP contribution in [0.1, 0.15) is 58.2 Å². The Morgan fingerprint density at radius 2 is 0.905 bits per heavy atom. The summed E-state index contributed by atoms with van der Waals surface area (Å²) in [5.41, 5.74) is 10.5. The average molecular weight is 1190 g/mol. The van der Waals surface area contributed by atoms with Gasteiger partial charge < -0.3 is 4.98 Å². The van der Waals surface area contributed by atoms with Gasteiger partial charge in [0.25, 0.3) is 0 Å². The third-order valence-electron chi connectivity index (χ3n) is 18.9. The van der Waals surface area contributed by atoms with Crippen LogP contribution in [0.25, 0.3) is 22.3 Å². The maximum atomic E-state index is 14.0. The number of nitrogens with one attached hydrogen (secondary N) is 1. The number of benzene rings is 6. The van der Waals surface area contributed by atoms with Crippen molar-refractivity contribution >= 4 is 99.0 Å². The summed E-state index contributed by atoms with van der Waals surface area (Å²) in [6, 6.07) is 53.2. The molecule has 7 aromatic rings. The van der Waals surface area contributed by atoms with Crippen LogP contribution in [0.3, 0.4) is 0 Å². The predicted molar refractivity (Wildman–Crippen MR) is 320 cm³/mol. The molecule has 1 aromatic heterocycles. The number of H-pyrrole nitrogens is 1. The fourth-order valence-corrected chi connectivity index (χ4v) is 22.1. The van der Waals surface area contributed by atoms with Gasteiger partial charge in [-0.25, -0.2) is 0 Å². The Morgan fingerprint density at radius 3 is 1.37 bits per heavy atom. The van der Waals surface area contributed by atoms with Gasteiger partial charge in [0.15, 0.2) is 5.12 Å². The highest BCUT2D eigenvalue weighted by molar-refractivity contribution is 8.18. The molecule has 420 valence electrons. The lowest BCUT2D eigenvalue weighted by atomic mass is 9.68. The molecule has 0 radical (unpaired) electrons. The van der Waals surface area contributed by atoms with Gasteiger partial charge in [-0.3, -0.25) is 38.6 Å². The van der Waals surface area contributed by atoms with E-state index >= 15 is 0 Å². The molecule has 4 amide bonds. The lowest BCUT2D eigenvalue weighted by molar-refractivity contribution is -0.193. The van der Waals surface area contributed by atoms with Crippen molar-refractivity contribution in [3.8, 4) is 22.3 Å². The average Bonchev–Trinajstić information content (AvgIpc) is 1.98. The molecule has 6 fully saturated rings.